The molecule has 0 heterocycles. The van der Waals surface area contributed by atoms with Gasteiger partial charge in [-0.25, -0.2) is 0 Å². The number of carbonyl (C=O) groups is 1. The number of hydrogen-bond donors (Lipinski definition) is 1. The lowest BCUT2D eigenvalue weighted by Crippen LogP contribution is -2.42. The van der Waals surface area contributed by atoms with Crippen molar-refractivity contribution in [2.45, 2.75) is 52.6 Å². The van der Waals surface area contributed by atoms with Gasteiger partial charge in [0.15, 0.2) is 0 Å². The number of amides is 1. The Morgan fingerprint density at radius 1 is 1.27 bits per heavy atom. The Bertz CT molecular complexity index is 493. The minimum Gasteiger partial charge on any atom is -0.492 e. The highest BCUT2D eigenvalue weighted by atomic mass is 35.5. The fourth-order valence-corrected chi connectivity index (χ4v) is 2.43. The van der Waals surface area contributed by atoms with E-state index in [9.17, 15) is 4.79 Å². The molecule has 1 N–H and O–H groups in total. The second kappa shape index (κ2) is 9.01. The quantitative estimate of drug-likeness (QED) is 0.717. The normalized spacial score (nSPS) is 13.5. The Balaban J connectivity index is 2.82. The molecule has 0 spiro atoms. The van der Waals surface area contributed by atoms with Crippen molar-refractivity contribution in [1.29, 1.82) is 0 Å². The van der Waals surface area contributed by atoms with Crippen molar-refractivity contribution in [3.63, 3.8) is 0 Å². The molecule has 1 aromatic rings. The van der Waals surface area contributed by atoms with Crippen LogP contribution in [0.3, 0.4) is 0 Å². The van der Waals surface area contributed by atoms with E-state index in [4.69, 9.17) is 21.1 Å². The highest BCUT2D eigenvalue weighted by molar-refractivity contribution is 6.32. The second-order valence-electron chi connectivity index (χ2n) is 5.30. The summed E-state index contributed by atoms with van der Waals surface area (Å²) in [5, 5.41) is 3.36. The minimum absolute atomic E-state index is 0.150. The SMILES string of the molecule is CCCC[C@](C)(OCC)C(=O)Nc1ccc(OCC)c(Cl)c1. The zero-order valence-corrected chi connectivity index (χ0v) is 14.6. The summed E-state index contributed by atoms with van der Waals surface area (Å²) in [7, 11) is 0. The number of benzene rings is 1. The van der Waals surface area contributed by atoms with Crippen molar-refractivity contribution in [2.75, 3.05) is 18.5 Å². The number of ether oxygens (including phenoxy) is 2. The number of rotatable bonds is 9. The topological polar surface area (TPSA) is 47.6 Å². The third-order valence-corrected chi connectivity index (χ3v) is 3.74. The molecule has 0 saturated heterocycles. The Morgan fingerprint density at radius 3 is 2.55 bits per heavy atom. The molecule has 0 radical (unpaired) electrons. The molecular formula is C17H26ClNO3. The number of unbranched alkanes of at least 4 members (excludes halogenated alkanes) is 1. The summed E-state index contributed by atoms with van der Waals surface area (Å²) >= 11 is 6.14. The number of halogens is 1. The van der Waals surface area contributed by atoms with Gasteiger partial charge >= 0.3 is 0 Å². The van der Waals surface area contributed by atoms with E-state index < -0.39 is 5.60 Å². The summed E-state index contributed by atoms with van der Waals surface area (Å²) in [6, 6.07) is 5.23. The molecule has 1 atom stereocenters. The molecule has 1 aromatic carbocycles. The highest BCUT2D eigenvalue weighted by Crippen LogP contribution is 2.29. The number of hydrogen-bond acceptors (Lipinski definition) is 3. The van der Waals surface area contributed by atoms with Gasteiger partial charge in [-0.1, -0.05) is 31.4 Å². The van der Waals surface area contributed by atoms with Gasteiger partial charge in [0.2, 0.25) is 0 Å². The van der Waals surface area contributed by atoms with Gasteiger partial charge in [-0.05, 0) is 45.4 Å². The maximum absolute atomic E-state index is 12.5. The van der Waals surface area contributed by atoms with Gasteiger partial charge in [-0.2, -0.15) is 0 Å². The molecule has 0 unspecified atom stereocenters. The molecule has 0 aliphatic heterocycles. The molecule has 0 bridgehead atoms. The van der Waals surface area contributed by atoms with Crippen LogP contribution in [0.4, 0.5) is 5.69 Å². The molecule has 1 rings (SSSR count). The summed E-state index contributed by atoms with van der Waals surface area (Å²) < 4.78 is 11.1. The van der Waals surface area contributed by atoms with Crippen molar-refractivity contribution in [2.24, 2.45) is 0 Å². The van der Waals surface area contributed by atoms with Crippen molar-refractivity contribution in [3.05, 3.63) is 23.2 Å². The van der Waals surface area contributed by atoms with Crippen LogP contribution in [0.1, 0.15) is 47.0 Å². The van der Waals surface area contributed by atoms with E-state index in [1.807, 2.05) is 20.8 Å². The third kappa shape index (κ3) is 5.18. The van der Waals surface area contributed by atoms with Crippen LogP contribution in [-0.4, -0.2) is 24.7 Å². The summed E-state index contributed by atoms with van der Waals surface area (Å²) in [6.45, 7) is 8.76. The fraction of sp³-hybridized carbons (Fsp3) is 0.588. The average molecular weight is 328 g/mol. The van der Waals surface area contributed by atoms with Crippen LogP contribution in [0.15, 0.2) is 18.2 Å². The van der Waals surface area contributed by atoms with E-state index in [-0.39, 0.29) is 5.91 Å². The lowest BCUT2D eigenvalue weighted by Gasteiger charge is -2.28. The molecule has 0 aliphatic carbocycles. The fourth-order valence-electron chi connectivity index (χ4n) is 2.20. The maximum atomic E-state index is 12.5. The first kappa shape index (κ1) is 18.8. The molecule has 0 fully saturated rings. The van der Waals surface area contributed by atoms with Crippen molar-refractivity contribution in [3.8, 4) is 5.75 Å². The summed E-state index contributed by atoms with van der Waals surface area (Å²) in [5.74, 6) is 0.462. The van der Waals surface area contributed by atoms with Crippen molar-refractivity contribution < 1.29 is 14.3 Å². The van der Waals surface area contributed by atoms with E-state index in [1.54, 1.807) is 18.2 Å². The first-order valence-electron chi connectivity index (χ1n) is 7.84. The molecule has 0 aliphatic rings. The molecular weight excluding hydrogens is 302 g/mol. The van der Waals surface area contributed by atoms with Crippen LogP contribution in [0, 0.1) is 0 Å². The monoisotopic (exact) mass is 327 g/mol. The highest BCUT2D eigenvalue weighted by Gasteiger charge is 2.33. The lowest BCUT2D eigenvalue weighted by molar-refractivity contribution is -0.139. The predicted molar refractivity (Wildman–Crippen MR) is 90.8 cm³/mol. The summed E-state index contributed by atoms with van der Waals surface area (Å²) in [4.78, 5) is 12.5. The van der Waals surface area contributed by atoms with E-state index in [1.165, 1.54) is 0 Å². The Labute approximate surface area is 138 Å². The zero-order valence-electron chi connectivity index (χ0n) is 13.9. The number of carbonyl (C=O) groups excluding carboxylic acids is 1. The van der Waals surface area contributed by atoms with E-state index in [0.29, 0.717) is 36.1 Å². The molecule has 22 heavy (non-hydrogen) atoms. The van der Waals surface area contributed by atoms with Crippen LogP contribution < -0.4 is 10.1 Å². The molecule has 124 valence electrons. The van der Waals surface area contributed by atoms with Crippen LogP contribution in [0.5, 0.6) is 5.75 Å². The summed E-state index contributed by atoms with van der Waals surface area (Å²) in [5.41, 5.74) is -0.184. The maximum Gasteiger partial charge on any atom is 0.256 e. The van der Waals surface area contributed by atoms with Crippen molar-refractivity contribution >= 4 is 23.2 Å². The van der Waals surface area contributed by atoms with Gasteiger partial charge in [-0.15, -0.1) is 0 Å². The first-order chi connectivity index (χ1) is 10.5. The van der Waals surface area contributed by atoms with Gasteiger partial charge in [0.1, 0.15) is 11.4 Å². The van der Waals surface area contributed by atoms with Crippen LogP contribution in [-0.2, 0) is 9.53 Å². The first-order valence-corrected chi connectivity index (χ1v) is 8.22. The predicted octanol–water partition coefficient (Wildman–Crippen LogP) is 4.66. The van der Waals surface area contributed by atoms with Crippen LogP contribution >= 0.6 is 11.6 Å². The third-order valence-electron chi connectivity index (χ3n) is 3.44. The minimum atomic E-state index is -0.824. The van der Waals surface area contributed by atoms with E-state index >= 15 is 0 Å². The van der Waals surface area contributed by atoms with Gasteiger partial charge in [0.05, 0.1) is 11.6 Å². The largest absolute Gasteiger partial charge is 0.492 e. The molecule has 5 heteroatoms. The van der Waals surface area contributed by atoms with Gasteiger partial charge in [0, 0.05) is 12.3 Å². The number of nitrogens with one attached hydrogen (secondary N) is 1. The molecule has 4 nitrogen and oxygen atoms in total. The average Bonchev–Trinajstić information content (AvgIpc) is 2.48. The molecule has 1 amide bonds. The summed E-state index contributed by atoms with van der Waals surface area (Å²) in [6.07, 6.45) is 2.65. The van der Waals surface area contributed by atoms with E-state index in [2.05, 4.69) is 12.2 Å². The smallest absolute Gasteiger partial charge is 0.256 e. The van der Waals surface area contributed by atoms with Gasteiger partial charge in [0.25, 0.3) is 5.91 Å². The van der Waals surface area contributed by atoms with Gasteiger partial charge < -0.3 is 14.8 Å². The van der Waals surface area contributed by atoms with Crippen LogP contribution in [0.2, 0.25) is 5.02 Å². The number of anilines is 1. The Kier molecular flexibility index (Phi) is 7.69. The zero-order chi connectivity index (χ0) is 16.6. The van der Waals surface area contributed by atoms with E-state index in [0.717, 1.165) is 12.8 Å². The Hall–Kier alpha value is -1.26. The molecule has 0 aromatic heterocycles. The lowest BCUT2D eigenvalue weighted by atomic mass is 9.97. The van der Waals surface area contributed by atoms with Crippen molar-refractivity contribution in [1.82, 2.24) is 0 Å². The Morgan fingerprint density at radius 2 is 2.00 bits per heavy atom. The second-order valence-corrected chi connectivity index (χ2v) is 5.71. The molecule has 0 saturated carbocycles. The standard InChI is InChI=1S/C17H26ClNO3/c1-5-8-11-17(4,22-7-3)16(20)19-13-9-10-15(21-6-2)14(18)12-13/h9-10,12H,5-8,11H2,1-4H3,(H,19,20)/t17-/m0/s1. The van der Waals surface area contributed by atoms with Gasteiger partial charge in [-0.3, -0.25) is 4.79 Å². The van der Waals surface area contributed by atoms with Crippen LogP contribution in [0.25, 0.3) is 0 Å².